The molecule has 0 spiro atoms. The lowest BCUT2D eigenvalue weighted by Gasteiger charge is -2.10. The highest BCUT2D eigenvalue weighted by atomic mass is 35.5. The summed E-state index contributed by atoms with van der Waals surface area (Å²) >= 11 is 6.06. The SMILES string of the molecule is COc1cc(-c2nnc3c(-c4ccc(Cl)cc4)cc4cccnc4n23)ccc1O. The molecular formula is C22H15ClN4O2. The molecule has 5 aromatic rings. The van der Waals surface area contributed by atoms with Gasteiger partial charge in [0.05, 0.1) is 7.11 Å². The maximum atomic E-state index is 9.94. The van der Waals surface area contributed by atoms with Gasteiger partial charge in [-0.25, -0.2) is 4.98 Å². The van der Waals surface area contributed by atoms with Crippen molar-refractivity contribution in [3.63, 3.8) is 0 Å². The van der Waals surface area contributed by atoms with E-state index in [1.807, 2.05) is 40.8 Å². The second-order valence-corrected chi connectivity index (χ2v) is 6.99. The molecular weight excluding hydrogens is 388 g/mol. The minimum absolute atomic E-state index is 0.0647. The Kier molecular flexibility index (Phi) is 4.07. The number of rotatable bonds is 3. The standard InChI is InChI=1S/C22H15ClN4O2/c1-29-19-12-15(6-9-18(19)28)21-25-26-22-17(13-4-7-16(23)8-5-13)11-14-3-2-10-24-20(14)27(21)22/h2-12,28H,1H3. The molecule has 7 heteroatoms. The van der Waals surface area contributed by atoms with E-state index in [-0.39, 0.29) is 5.75 Å². The molecule has 1 N–H and O–H groups in total. The van der Waals surface area contributed by atoms with Crippen molar-refractivity contribution in [2.24, 2.45) is 0 Å². The number of benzene rings is 2. The van der Waals surface area contributed by atoms with E-state index < -0.39 is 0 Å². The van der Waals surface area contributed by atoms with Gasteiger partial charge in [-0.15, -0.1) is 10.2 Å². The Hall–Kier alpha value is -3.64. The smallest absolute Gasteiger partial charge is 0.170 e. The Morgan fingerprint density at radius 1 is 0.931 bits per heavy atom. The van der Waals surface area contributed by atoms with E-state index >= 15 is 0 Å². The minimum atomic E-state index is 0.0647. The van der Waals surface area contributed by atoms with Gasteiger partial charge in [-0.3, -0.25) is 4.40 Å². The first-order valence-corrected chi connectivity index (χ1v) is 9.29. The highest BCUT2D eigenvalue weighted by molar-refractivity contribution is 6.30. The number of methoxy groups -OCH3 is 1. The molecule has 3 aromatic heterocycles. The number of pyridine rings is 2. The van der Waals surface area contributed by atoms with Gasteiger partial charge in [0.15, 0.2) is 23.0 Å². The summed E-state index contributed by atoms with van der Waals surface area (Å²) in [6.45, 7) is 0. The van der Waals surface area contributed by atoms with Crippen molar-refractivity contribution in [1.29, 1.82) is 0 Å². The van der Waals surface area contributed by atoms with Crippen molar-refractivity contribution in [3.05, 3.63) is 71.9 Å². The third-order valence-electron chi connectivity index (χ3n) is 4.83. The van der Waals surface area contributed by atoms with Crippen LogP contribution in [0.25, 0.3) is 39.2 Å². The summed E-state index contributed by atoms with van der Waals surface area (Å²) in [5, 5.41) is 20.5. The second-order valence-electron chi connectivity index (χ2n) is 6.55. The van der Waals surface area contributed by atoms with Crippen LogP contribution in [0.1, 0.15) is 0 Å². The molecule has 3 heterocycles. The average molecular weight is 403 g/mol. The lowest BCUT2D eigenvalue weighted by Crippen LogP contribution is -1.97. The average Bonchev–Trinajstić information content (AvgIpc) is 3.20. The lowest BCUT2D eigenvalue weighted by molar-refractivity contribution is 0.373. The summed E-state index contributed by atoms with van der Waals surface area (Å²) in [5.41, 5.74) is 4.08. The summed E-state index contributed by atoms with van der Waals surface area (Å²) in [5.74, 6) is 1.04. The lowest BCUT2D eigenvalue weighted by atomic mass is 10.1. The van der Waals surface area contributed by atoms with Crippen molar-refractivity contribution in [2.45, 2.75) is 0 Å². The van der Waals surface area contributed by atoms with Crippen molar-refractivity contribution in [3.8, 4) is 34.0 Å². The van der Waals surface area contributed by atoms with E-state index in [1.54, 1.807) is 24.4 Å². The number of hydrogen-bond acceptors (Lipinski definition) is 5. The summed E-state index contributed by atoms with van der Waals surface area (Å²) in [4.78, 5) is 4.56. The Balaban J connectivity index is 1.85. The summed E-state index contributed by atoms with van der Waals surface area (Å²) in [6.07, 6.45) is 1.74. The molecule has 29 heavy (non-hydrogen) atoms. The van der Waals surface area contributed by atoms with Crippen LogP contribution in [-0.4, -0.2) is 31.8 Å². The number of hydrogen-bond donors (Lipinski definition) is 1. The van der Waals surface area contributed by atoms with Crippen LogP contribution >= 0.6 is 11.6 Å². The van der Waals surface area contributed by atoms with E-state index in [2.05, 4.69) is 21.2 Å². The van der Waals surface area contributed by atoms with Gasteiger partial charge in [-0.05, 0) is 54.1 Å². The summed E-state index contributed by atoms with van der Waals surface area (Å²) < 4.78 is 7.17. The summed E-state index contributed by atoms with van der Waals surface area (Å²) in [7, 11) is 1.51. The molecule has 2 aromatic carbocycles. The van der Waals surface area contributed by atoms with E-state index in [0.717, 1.165) is 27.7 Å². The van der Waals surface area contributed by atoms with Gasteiger partial charge in [-0.1, -0.05) is 23.7 Å². The fourth-order valence-electron chi connectivity index (χ4n) is 3.43. The number of halogens is 1. The van der Waals surface area contributed by atoms with E-state index in [4.69, 9.17) is 16.3 Å². The van der Waals surface area contributed by atoms with Crippen LogP contribution in [0.5, 0.6) is 11.5 Å². The fourth-order valence-corrected chi connectivity index (χ4v) is 3.56. The van der Waals surface area contributed by atoms with Crippen molar-refractivity contribution < 1.29 is 9.84 Å². The number of fused-ring (bicyclic) bond motifs is 3. The molecule has 6 nitrogen and oxygen atoms in total. The molecule has 0 saturated heterocycles. The number of nitrogens with zero attached hydrogens (tertiary/aromatic N) is 4. The van der Waals surface area contributed by atoms with Crippen molar-refractivity contribution in [2.75, 3.05) is 7.11 Å². The molecule has 0 aliphatic heterocycles. The summed E-state index contributed by atoms with van der Waals surface area (Å²) in [6, 6.07) is 18.6. The van der Waals surface area contributed by atoms with Crippen molar-refractivity contribution in [1.82, 2.24) is 19.6 Å². The monoisotopic (exact) mass is 402 g/mol. The Bertz CT molecular complexity index is 1360. The Morgan fingerprint density at radius 3 is 2.52 bits per heavy atom. The third-order valence-corrected chi connectivity index (χ3v) is 5.08. The molecule has 0 amide bonds. The molecule has 0 fully saturated rings. The first-order valence-electron chi connectivity index (χ1n) is 8.92. The number of aromatic hydroxyl groups is 1. The molecule has 0 aliphatic carbocycles. The van der Waals surface area contributed by atoms with Crippen LogP contribution < -0.4 is 4.74 Å². The van der Waals surface area contributed by atoms with Crippen LogP contribution in [-0.2, 0) is 0 Å². The van der Waals surface area contributed by atoms with Crippen LogP contribution in [0.15, 0.2) is 66.9 Å². The molecule has 0 radical (unpaired) electrons. The largest absolute Gasteiger partial charge is 0.504 e. The molecule has 142 valence electrons. The molecule has 0 bridgehead atoms. The first-order chi connectivity index (χ1) is 14.2. The maximum Gasteiger partial charge on any atom is 0.170 e. The van der Waals surface area contributed by atoms with E-state index in [0.29, 0.717) is 22.2 Å². The van der Waals surface area contributed by atoms with Crippen LogP contribution in [0.4, 0.5) is 0 Å². The second kappa shape index (κ2) is 6.76. The van der Waals surface area contributed by atoms with Gasteiger partial charge in [0.2, 0.25) is 0 Å². The van der Waals surface area contributed by atoms with Gasteiger partial charge in [0.1, 0.15) is 5.65 Å². The zero-order valence-electron chi connectivity index (χ0n) is 15.4. The number of aromatic nitrogens is 4. The number of ether oxygens (including phenoxy) is 1. The quantitative estimate of drug-likeness (QED) is 0.460. The van der Waals surface area contributed by atoms with Gasteiger partial charge < -0.3 is 9.84 Å². The van der Waals surface area contributed by atoms with Gasteiger partial charge in [0.25, 0.3) is 0 Å². The normalized spacial score (nSPS) is 11.2. The maximum absolute atomic E-state index is 9.94. The van der Waals surface area contributed by atoms with Crippen LogP contribution in [0.2, 0.25) is 5.02 Å². The molecule has 5 rings (SSSR count). The molecule has 0 atom stereocenters. The van der Waals surface area contributed by atoms with Gasteiger partial charge >= 0.3 is 0 Å². The van der Waals surface area contributed by atoms with Crippen LogP contribution in [0.3, 0.4) is 0 Å². The van der Waals surface area contributed by atoms with Gasteiger partial charge in [-0.2, -0.15) is 0 Å². The zero-order valence-corrected chi connectivity index (χ0v) is 16.1. The van der Waals surface area contributed by atoms with Gasteiger partial charge in [0, 0.05) is 27.7 Å². The van der Waals surface area contributed by atoms with Crippen LogP contribution in [0, 0.1) is 0 Å². The number of phenols is 1. The molecule has 0 saturated carbocycles. The zero-order chi connectivity index (χ0) is 20.0. The highest BCUT2D eigenvalue weighted by Crippen LogP contribution is 2.34. The highest BCUT2D eigenvalue weighted by Gasteiger charge is 2.18. The fraction of sp³-hybridized carbons (Fsp3) is 0.0455. The Morgan fingerprint density at radius 2 is 1.72 bits per heavy atom. The van der Waals surface area contributed by atoms with E-state index in [1.165, 1.54) is 7.11 Å². The third kappa shape index (κ3) is 2.85. The van der Waals surface area contributed by atoms with E-state index in [9.17, 15) is 5.11 Å². The first kappa shape index (κ1) is 17.5. The predicted molar refractivity (Wildman–Crippen MR) is 112 cm³/mol. The van der Waals surface area contributed by atoms with Crippen molar-refractivity contribution >= 4 is 28.3 Å². The minimum Gasteiger partial charge on any atom is -0.504 e. The topological polar surface area (TPSA) is 72.5 Å². The number of phenolic OH excluding ortho intramolecular Hbond substituents is 1. The predicted octanol–water partition coefficient (Wildman–Crippen LogP) is 4.98. The Labute approximate surface area is 171 Å². The molecule has 0 unspecified atom stereocenters. The molecule has 0 aliphatic rings.